The summed E-state index contributed by atoms with van der Waals surface area (Å²) >= 11 is 0. The number of urea groups is 1. The smallest absolute Gasteiger partial charge is 0.338 e. The second-order valence-electron chi connectivity index (χ2n) is 6.90. The van der Waals surface area contributed by atoms with Gasteiger partial charge in [-0.1, -0.05) is 12.1 Å². The molecule has 0 radical (unpaired) electrons. The van der Waals surface area contributed by atoms with Gasteiger partial charge in [0.2, 0.25) is 0 Å². The first kappa shape index (κ1) is 20.9. The van der Waals surface area contributed by atoms with Crippen molar-refractivity contribution in [2.75, 3.05) is 26.3 Å². The Morgan fingerprint density at radius 1 is 1.11 bits per heavy atom. The highest BCUT2D eigenvalue weighted by Crippen LogP contribution is 2.07. The van der Waals surface area contributed by atoms with Gasteiger partial charge in [0.25, 0.3) is 5.91 Å². The summed E-state index contributed by atoms with van der Waals surface area (Å²) in [6.45, 7) is 9.34. The van der Waals surface area contributed by atoms with E-state index in [1.54, 1.807) is 26.0 Å². The number of hydrogen-bond donors (Lipinski definition) is 3. The van der Waals surface area contributed by atoms with Gasteiger partial charge in [-0.15, -0.1) is 0 Å². The van der Waals surface area contributed by atoms with Gasteiger partial charge in [-0.2, -0.15) is 0 Å². The van der Waals surface area contributed by atoms with E-state index < -0.39 is 24.0 Å². The van der Waals surface area contributed by atoms with Crippen molar-refractivity contribution in [2.24, 2.45) is 0 Å². The molecule has 1 aliphatic heterocycles. The number of hydrogen-bond acceptors (Lipinski definition) is 5. The molecule has 1 saturated heterocycles. The van der Waals surface area contributed by atoms with Crippen molar-refractivity contribution >= 4 is 17.9 Å². The molecule has 3 N–H and O–H groups in total. The van der Waals surface area contributed by atoms with E-state index >= 15 is 0 Å². The van der Waals surface area contributed by atoms with Crippen LogP contribution in [0.2, 0.25) is 0 Å². The number of carbonyl (C=O) groups excluding carboxylic acids is 3. The van der Waals surface area contributed by atoms with Crippen molar-refractivity contribution in [3.63, 3.8) is 0 Å². The Balaban J connectivity index is 1.83. The molecule has 0 aromatic heterocycles. The summed E-state index contributed by atoms with van der Waals surface area (Å²) < 4.78 is 10.5. The van der Waals surface area contributed by atoms with Gasteiger partial charge in [-0.05, 0) is 32.9 Å². The molecule has 0 unspecified atom stereocenters. The minimum atomic E-state index is -1.08. The van der Waals surface area contributed by atoms with Crippen LogP contribution in [0.1, 0.15) is 36.7 Å². The molecule has 3 amide bonds. The topological polar surface area (TPSA) is 98.2 Å². The molecule has 0 saturated carbocycles. The molecular weight excluding hydrogens is 350 g/mol. The standard InChI is InChI=1S/C19H27N3O5/c1-13(2)20-19(25)21-17(23)14(3)27-18(24)16-6-4-15(5-7-16)12-22-8-10-26-11-9-22/h4-7,13-14H,8-12H2,1-3H3,(H2,20,21,23,25)/p+1/t14-/m0/s1. The van der Waals surface area contributed by atoms with Crippen LogP contribution in [0.25, 0.3) is 0 Å². The third kappa shape index (κ3) is 6.99. The van der Waals surface area contributed by atoms with Crippen LogP contribution in [0.15, 0.2) is 24.3 Å². The monoisotopic (exact) mass is 378 g/mol. The fourth-order valence-electron chi connectivity index (χ4n) is 2.68. The molecule has 148 valence electrons. The number of quaternary nitrogens is 1. The van der Waals surface area contributed by atoms with E-state index in [0.29, 0.717) is 5.56 Å². The molecule has 1 heterocycles. The number of amides is 3. The van der Waals surface area contributed by atoms with Crippen LogP contribution in [-0.2, 0) is 20.8 Å². The summed E-state index contributed by atoms with van der Waals surface area (Å²) in [5, 5.41) is 4.68. The molecule has 27 heavy (non-hydrogen) atoms. The Kier molecular flexibility index (Phi) is 7.75. The molecule has 1 fully saturated rings. The Morgan fingerprint density at radius 3 is 2.33 bits per heavy atom. The lowest BCUT2D eigenvalue weighted by atomic mass is 10.1. The van der Waals surface area contributed by atoms with E-state index in [-0.39, 0.29) is 6.04 Å². The number of ether oxygens (including phenoxy) is 2. The maximum absolute atomic E-state index is 12.2. The Labute approximate surface area is 159 Å². The first-order chi connectivity index (χ1) is 12.8. The van der Waals surface area contributed by atoms with Crippen molar-refractivity contribution in [2.45, 2.75) is 39.5 Å². The van der Waals surface area contributed by atoms with Gasteiger partial charge >= 0.3 is 12.0 Å². The van der Waals surface area contributed by atoms with Crippen LogP contribution in [-0.4, -0.2) is 56.4 Å². The molecule has 2 rings (SSSR count). The van der Waals surface area contributed by atoms with E-state index in [1.165, 1.54) is 11.8 Å². The third-order valence-electron chi connectivity index (χ3n) is 4.15. The molecule has 0 spiro atoms. The van der Waals surface area contributed by atoms with Gasteiger partial charge < -0.3 is 19.7 Å². The van der Waals surface area contributed by atoms with Crippen LogP contribution in [0.4, 0.5) is 4.79 Å². The largest absolute Gasteiger partial charge is 0.449 e. The van der Waals surface area contributed by atoms with Crippen molar-refractivity contribution in [1.82, 2.24) is 10.6 Å². The fraction of sp³-hybridized carbons (Fsp3) is 0.526. The summed E-state index contributed by atoms with van der Waals surface area (Å²) in [6.07, 6.45) is -1.08. The Bertz CT molecular complexity index is 654. The van der Waals surface area contributed by atoms with E-state index in [0.717, 1.165) is 38.4 Å². The predicted octanol–water partition coefficient (Wildman–Crippen LogP) is -0.119. The van der Waals surface area contributed by atoms with Crippen molar-refractivity contribution < 1.29 is 28.8 Å². The number of esters is 1. The number of morpholine rings is 1. The minimum absolute atomic E-state index is 0.103. The second-order valence-corrected chi connectivity index (χ2v) is 6.90. The maximum Gasteiger partial charge on any atom is 0.338 e. The summed E-state index contributed by atoms with van der Waals surface area (Å²) in [5.74, 6) is -1.28. The van der Waals surface area contributed by atoms with Gasteiger partial charge in [0.05, 0.1) is 18.8 Å². The summed E-state index contributed by atoms with van der Waals surface area (Å²) in [4.78, 5) is 37.1. The molecule has 0 bridgehead atoms. The number of benzene rings is 1. The molecule has 1 aromatic rings. The molecule has 1 aromatic carbocycles. The quantitative estimate of drug-likeness (QED) is 0.600. The van der Waals surface area contributed by atoms with Crippen LogP contribution in [0.3, 0.4) is 0 Å². The summed E-state index contributed by atoms with van der Waals surface area (Å²) in [6, 6.07) is 6.43. The lowest BCUT2D eigenvalue weighted by molar-refractivity contribution is -0.921. The predicted molar refractivity (Wildman–Crippen MR) is 98.3 cm³/mol. The third-order valence-corrected chi connectivity index (χ3v) is 4.15. The Hall–Kier alpha value is -2.45. The number of carbonyl (C=O) groups is 3. The number of nitrogens with one attached hydrogen (secondary N) is 3. The zero-order chi connectivity index (χ0) is 19.8. The fourth-order valence-corrected chi connectivity index (χ4v) is 2.68. The molecule has 1 aliphatic rings. The van der Waals surface area contributed by atoms with Gasteiger partial charge in [0.15, 0.2) is 6.10 Å². The van der Waals surface area contributed by atoms with E-state index in [9.17, 15) is 14.4 Å². The molecule has 8 nitrogen and oxygen atoms in total. The molecule has 0 aliphatic carbocycles. The van der Waals surface area contributed by atoms with Crippen LogP contribution in [0, 0.1) is 0 Å². The second kappa shape index (κ2) is 10.0. The van der Waals surface area contributed by atoms with E-state index in [4.69, 9.17) is 9.47 Å². The highest BCUT2D eigenvalue weighted by Gasteiger charge is 2.21. The normalized spacial score (nSPS) is 15.9. The molecule has 8 heteroatoms. The average Bonchev–Trinajstić information content (AvgIpc) is 2.62. The SMILES string of the molecule is CC(C)NC(=O)NC(=O)[C@H](C)OC(=O)c1ccc(C[NH+]2CCOCC2)cc1. The highest BCUT2D eigenvalue weighted by molar-refractivity contribution is 5.98. The highest BCUT2D eigenvalue weighted by atomic mass is 16.5. The first-order valence-electron chi connectivity index (χ1n) is 9.17. The van der Waals surface area contributed by atoms with Gasteiger partial charge in [-0.3, -0.25) is 10.1 Å². The van der Waals surface area contributed by atoms with Crippen molar-refractivity contribution in [1.29, 1.82) is 0 Å². The number of imide groups is 1. The minimum Gasteiger partial charge on any atom is -0.449 e. The van der Waals surface area contributed by atoms with E-state index in [2.05, 4.69) is 10.6 Å². The summed E-state index contributed by atoms with van der Waals surface area (Å²) in [7, 11) is 0. The molecular formula is C19H28N3O5+. The van der Waals surface area contributed by atoms with Gasteiger partial charge in [0, 0.05) is 11.6 Å². The zero-order valence-electron chi connectivity index (χ0n) is 16.0. The maximum atomic E-state index is 12.2. The molecule has 1 atom stereocenters. The van der Waals surface area contributed by atoms with Crippen LogP contribution in [0.5, 0.6) is 0 Å². The Morgan fingerprint density at radius 2 is 1.74 bits per heavy atom. The lowest BCUT2D eigenvalue weighted by Gasteiger charge is -2.23. The first-order valence-corrected chi connectivity index (χ1v) is 9.17. The zero-order valence-corrected chi connectivity index (χ0v) is 16.0. The van der Waals surface area contributed by atoms with E-state index in [1.807, 2.05) is 12.1 Å². The van der Waals surface area contributed by atoms with Crippen LogP contribution < -0.4 is 15.5 Å². The van der Waals surface area contributed by atoms with Gasteiger partial charge in [-0.25, -0.2) is 9.59 Å². The van der Waals surface area contributed by atoms with Crippen molar-refractivity contribution in [3.8, 4) is 0 Å². The number of rotatable bonds is 6. The lowest BCUT2D eigenvalue weighted by Crippen LogP contribution is -3.12. The average molecular weight is 378 g/mol. The van der Waals surface area contributed by atoms with Crippen molar-refractivity contribution in [3.05, 3.63) is 35.4 Å². The van der Waals surface area contributed by atoms with Gasteiger partial charge in [0.1, 0.15) is 19.6 Å². The summed E-state index contributed by atoms with van der Waals surface area (Å²) in [5.41, 5.74) is 1.49. The van der Waals surface area contributed by atoms with Crippen LogP contribution >= 0.6 is 0 Å².